The van der Waals surface area contributed by atoms with Gasteiger partial charge in [0.1, 0.15) is 0 Å². The lowest BCUT2D eigenvalue weighted by atomic mass is 10.2. The summed E-state index contributed by atoms with van der Waals surface area (Å²) in [4.78, 5) is 6.81. The van der Waals surface area contributed by atoms with Crippen LogP contribution in [0.4, 0.5) is 0 Å². The van der Waals surface area contributed by atoms with Crippen molar-refractivity contribution in [3.8, 4) is 0 Å². The maximum absolute atomic E-state index is 5.32. The highest BCUT2D eigenvalue weighted by Gasteiger charge is 2.23. The van der Waals surface area contributed by atoms with E-state index in [1.165, 1.54) is 0 Å². The van der Waals surface area contributed by atoms with Crippen LogP contribution in [0, 0.1) is 0 Å². The van der Waals surface area contributed by atoms with Gasteiger partial charge in [0.2, 0.25) is 5.89 Å². The van der Waals surface area contributed by atoms with Crippen molar-refractivity contribution in [2.75, 3.05) is 26.2 Å². The molecule has 5 heteroatoms. The number of rotatable bonds is 3. The lowest BCUT2D eigenvalue weighted by molar-refractivity contribution is 0.154. The zero-order valence-electron chi connectivity index (χ0n) is 10.2. The number of hydrogen-bond acceptors (Lipinski definition) is 5. The van der Waals surface area contributed by atoms with Crippen LogP contribution in [0.3, 0.4) is 0 Å². The van der Waals surface area contributed by atoms with Gasteiger partial charge < -0.3 is 9.84 Å². The molecule has 5 nitrogen and oxygen atoms in total. The van der Waals surface area contributed by atoms with E-state index in [-0.39, 0.29) is 6.04 Å². The van der Waals surface area contributed by atoms with Gasteiger partial charge in [-0.25, -0.2) is 0 Å². The Morgan fingerprint density at radius 3 is 2.50 bits per heavy atom. The van der Waals surface area contributed by atoms with Crippen LogP contribution in [-0.4, -0.2) is 41.2 Å². The molecule has 1 aliphatic rings. The number of hydrogen-bond donors (Lipinski definition) is 1. The average Bonchev–Trinajstić information content (AvgIpc) is 2.78. The molecule has 2 heterocycles. The summed E-state index contributed by atoms with van der Waals surface area (Å²) >= 11 is 0. The second-order valence-electron chi connectivity index (χ2n) is 4.61. The lowest BCUT2D eigenvalue weighted by Gasteiger charge is -2.30. The molecule has 0 amide bonds. The molecule has 1 aliphatic heterocycles. The summed E-state index contributed by atoms with van der Waals surface area (Å²) in [6.07, 6.45) is 0. The summed E-state index contributed by atoms with van der Waals surface area (Å²) in [5.41, 5.74) is 0. The Balaban J connectivity index is 2.04. The van der Waals surface area contributed by atoms with Crippen LogP contribution < -0.4 is 5.32 Å². The summed E-state index contributed by atoms with van der Waals surface area (Å²) in [7, 11) is 0. The van der Waals surface area contributed by atoms with Crippen LogP contribution in [0.2, 0.25) is 0 Å². The maximum Gasteiger partial charge on any atom is 0.243 e. The van der Waals surface area contributed by atoms with E-state index in [9.17, 15) is 0 Å². The van der Waals surface area contributed by atoms with E-state index in [1.54, 1.807) is 0 Å². The van der Waals surface area contributed by atoms with E-state index >= 15 is 0 Å². The van der Waals surface area contributed by atoms with Crippen molar-refractivity contribution in [3.63, 3.8) is 0 Å². The molecule has 16 heavy (non-hydrogen) atoms. The predicted octanol–water partition coefficient (Wildman–Crippen LogP) is 1.16. The smallest absolute Gasteiger partial charge is 0.243 e. The molecule has 0 radical (unpaired) electrons. The Kier molecular flexibility index (Phi) is 3.56. The van der Waals surface area contributed by atoms with Crippen LogP contribution in [0.25, 0.3) is 0 Å². The highest BCUT2D eigenvalue weighted by atomic mass is 16.5. The molecule has 0 saturated carbocycles. The van der Waals surface area contributed by atoms with Gasteiger partial charge in [-0.2, -0.15) is 4.98 Å². The van der Waals surface area contributed by atoms with Gasteiger partial charge in [-0.3, -0.25) is 4.90 Å². The SMILES string of the molecule is CC(C)c1noc(C(C)N2CCNCC2)n1. The Morgan fingerprint density at radius 1 is 1.25 bits per heavy atom. The van der Waals surface area contributed by atoms with Crippen molar-refractivity contribution in [2.24, 2.45) is 0 Å². The first-order valence-corrected chi connectivity index (χ1v) is 5.96. The van der Waals surface area contributed by atoms with Gasteiger partial charge in [0.15, 0.2) is 5.82 Å². The quantitative estimate of drug-likeness (QED) is 0.835. The second kappa shape index (κ2) is 4.93. The fourth-order valence-electron chi connectivity index (χ4n) is 1.88. The molecule has 0 aliphatic carbocycles. The molecule has 90 valence electrons. The second-order valence-corrected chi connectivity index (χ2v) is 4.61. The minimum atomic E-state index is 0.224. The fraction of sp³-hybridized carbons (Fsp3) is 0.818. The van der Waals surface area contributed by atoms with Gasteiger partial charge in [-0.1, -0.05) is 19.0 Å². The zero-order chi connectivity index (χ0) is 11.5. The number of nitrogens with zero attached hydrogens (tertiary/aromatic N) is 3. The van der Waals surface area contributed by atoms with E-state index in [1.807, 2.05) is 0 Å². The largest absolute Gasteiger partial charge is 0.338 e. The van der Waals surface area contributed by atoms with Crippen LogP contribution >= 0.6 is 0 Å². The Hall–Kier alpha value is -0.940. The van der Waals surface area contributed by atoms with Crippen molar-refractivity contribution in [1.82, 2.24) is 20.4 Å². The lowest BCUT2D eigenvalue weighted by Crippen LogP contribution is -2.44. The molecule has 1 saturated heterocycles. The fourth-order valence-corrected chi connectivity index (χ4v) is 1.88. The third-order valence-electron chi connectivity index (χ3n) is 3.03. The van der Waals surface area contributed by atoms with Gasteiger partial charge >= 0.3 is 0 Å². The normalized spacial score (nSPS) is 20.2. The maximum atomic E-state index is 5.32. The molecule has 0 aromatic carbocycles. The first-order chi connectivity index (χ1) is 7.68. The molecule has 2 rings (SSSR count). The molecule has 1 fully saturated rings. The molecule has 1 N–H and O–H groups in total. The third kappa shape index (κ3) is 2.41. The van der Waals surface area contributed by atoms with E-state index in [0.29, 0.717) is 5.92 Å². The molecule has 1 aromatic rings. The van der Waals surface area contributed by atoms with E-state index in [4.69, 9.17) is 4.52 Å². The Labute approximate surface area is 96.2 Å². The van der Waals surface area contributed by atoms with Gasteiger partial charge in [-0.15, -0.1) is 0 Å². The van der Waals surface area contributed by atoms with Gasteiger partial charge in [0, 0.05) is 32.1 Å². The topological polar surface area (TPSA) is 54.2 Å². The number of nitrogens with one attached hydrogen (secondary N) is 1. The monoisotopic (exact) mass is 224 g/mol. The standard InChI is InChI=1S/C11H20N4O/c1-8(2)10-13-11(16-14-10)9(3)15-6-4-12-5-7-15/h8-9,12H,4-7H2,1-3H3. The summed E-state index contributed by atoms with van der Waals surface area (Å²) in [6.45, 7) is 10.4. The first kappa shape index (κ1) is 11.5. The summed E-state index contributed by atoms with van der Waals surface area (Å²) in [6, 6.07) is 0.224. The summed E-state index contributed by atoms with van der Waals surface area (Å²) < 4.78 is 5.32. The third-order valence-corrected chi connectivity index (χ3v) is 3.03. The van der Waals surface area contributed by atoms with Crippen molar-refractivity contribution in [2.45, 2.75) is 32.7 Å². The van der Waals surface area contributed by atoms with E-state index < -0.39 is 0 Å². The zero-order valence-corrected chi connectivity index (χ0v) is 10.2. The molecule has 1 unspecified atom stereocenters. The predicted molar refractivity (Wildman–Crippen MR) is 61.2 cm³/mol. The van der Waals surface area contributed by atoms with Gasteiger partial charge in [0.25, 0.3) is 0 Å². The van der Waals surface area contributed by atoms with Crippen molar-refractivity contribution in [1.29, 1.82) is 0 Å². The average molecular weight is 224 g/mol. The molecule has 0 bridgehead atoms. The molecule has 1 aromatic heterocycles. The summed E-state index contributed by atoms with van der Waals surface area (Å²) in [5.74, 6) is 1.87. The highest BCUT2D eigenvalue weighted by Crippen LogP contribution is 2.20. The summed E-state index contributed by atoms with van der Waals surface area (Å²) in [5, 5.41) is 7.34. The van der Waals surface area contributed by atoms with Crippen LogP contribution in [0.5, 0.6) is 0 Å². The highest BCUT2D eigenvalue weighted by molar-refractivity contribution is 4.96. The van der Waals surface area contributed by atoms with E-state index in [0.717, 1.165) is 37.9 Å². The number of piperazine rings is 1. The number of aromatic nitrogens is 2. The molecule has 1 atom stereocenters. The van der Waals surface area contributed by atoms with Crippen LogP contribution in [0.1, 0.15) is 44.4 Å². The molecular weight excluding hydrogens is 204 g/mol. The van der Waals surface area contributed by atoms with E-state index in [2.05, 4.69) is 41.1 Å². The Morgan fingerprint density at radius 2 is 1.94 bits per heavy atom. The van der Waals surface area contributed by atoms with Crippen LogP contribution in [0.15, 0.2) is 4.52 Å². The van der Waals surface area contributed by atoms with Crippen molar-refractivity contribution >= 4 is 0 Å². The minimum absolute atomic E-state index is 0.224. The minimum Gasteiger partial charge on any atom is -0.338 e. The van der Waals surface area contributed by atoms with Crippen LogP contribution in [-0.2, 0) is 0 Å². The molecule has 0 spiro atoms. The molecular formula is C11H20N4O. The van der Waals surface area contributed by atoms with Crippen molar-refractivity contribution in [3.05, 3.63) is 11.7 Å². The Bertz CT molecular complexity index is 330. The van der Waals surface area contributed by atoms with Crippen molar-refractivity contribution < 1.29 is 4.52 Å². The van der Waals surface area contributed by atoms with Gasteiger partial charge in [-0.05, 0) is 6.92 Å². The first-order valence-electron chi connectivity index (χ1n) is 5.96. The van der Waals surface area contributed by atoms with Gasteiger partial charge in [0.05, 0.1) is 6.04 Å².